The molecule has 0 saturated heterocycles. The summed E-state index contributed by atoms with van der Waals surface area (Å²) in [6.07, 6.45) is 2.03. The first-order valence-electron chi connectivity index (χ1n) is 6.93. The van der Waals surface area contributed by atoms with E-state index in [4.69, 9.17) is 5.73 Å². The number of benzene rings is 2. The van der Waals surface area contributed by atoms with E-state index in [1.54, 1.807) is 12.1 Å². The van der Waals surface area contributed by atoms with Crippen LogP contribution in [0.1, 0.15) is 27.9 Å². The smallest absolute Gasteiger partial charge is 0.260 e. The van der Waals surface area contributed by atoms with Gasteiger partial charge in [0.25, 0.3) is 5.91 Å². The number of nitrogen functional groups attached to an aromatic ring is 1. The number of fused-ring (bicyclic) bond motifs is 1. The van der Waals surface area contributed by atoms with Crippen LogP contribution in [0.25, 0.3) is 0 Å². The molecule has 0 aliphatic carbocycles. The molecule has 1 heterocycles. The standard InChI is InChI=1S/C17H18N2O/c1-12-8-9-16-13(11-12)5-4-10-19(16)17(20)14-6-2-3-7-15(14)18/h2-3,6-9,11H,4-5,10,18H2,1H3. The van der Waals surface area contributed by atoms with Crippen LogP contribution in [0.5, 0.6) is 0 Å². The summed E-state index contributed by atoms with van der Waals surface area (Å²) < 4.78 is 0. The summed E-state index contributed by atoms with van der Waals surface area (Å²) in [6, 6.07) is 13.5. The Kier molecular flexibility index (Phi) is 3.18. The summed E-state index contributed by atoms with van der Waals surface area (Å²) in [7, 11) is 0. The molecule has 1 aliphatic heterocycles. The van der Waals surface area contributed by atoms with Gasteiger partial charge in [0.2, 0.25) is 0 Å². The van der Waals surface area contributed by atoms with E-state index < -0.39 is 0 Å². The summed E-state index contributed by atoms with van der Waals surface area (Å²) in [5.74, 6) is -0.00657. The maximum atomic E-state index is 12.7. The van der Waals surface area contributed by atoms with Crippen LogP contribution in [0.15, 0.2) is 42.5 Å². The molecule has 2 N–H and O–H groups in total. The van der Waals surface area contributed by atoms with E-state index in [1.165, 1.54) is 11.1 Å². The first-order chi connectivity index (χ1) is 9.66. The monoisotopic (exact) mass is 266 g/mol. The minimum Gasteiger partial charge on any atom is -0.398 e. The minimum absolute atomic E-state index is 0.00657. The predicted molar refractivity (Wildman–Crippen MR) is 82.0 cm³/mol. The molecule has 1 aliphatic rings. The number of para-hydroxylation sites is 1. The minimum atomic E-state index is -0.00657. The molecule has 2 aromatic rings. The van der Waals surface area contributed by atoms with Crippen molar-refractivity contribution in [3.63, 3.8) is 0 Å². The zero-order valence-corrected chi connectivity index (χ0v) is 11.6. The van der Waals surface area contributed by atoms with Crippen molar-refractivity contribution in [2.75, 3.05) is 17.2 Å². The number of rotatable bonds is 1. The van der Waals surface area contributed by atoms with Crippen LogP contribution in [0, 0.1) is 6.92 Å². The molecule has 0 atom stereocenters. The number of hydrogen-bond donors (Lipinski definition) is 1. The van der Waals surface area contributed by atoms with Crippen LogP contribution in [-0.2, 0) is 6.42 Å². The number of anilines is 2. The van der Waals surface area contributed by atoms with Crippen molar-refractivity contribution < 1.29 is 4.79 Å². The van der Waals surface area contributed by atoms with Crippen molar-refractivity contribution in [1.29, 1.82) is 0 Å². The average Bonchev–Trinajstić information content (AvgIpc) is 2.46. The fourth-order valence-corrected chi connectivity index (χ4v) is 2.77. The fraction of sp³-hybridized carbons (Fsp3) is 0.235. The number of amides is 1. The van der Waals surface area contributed by atoms with Gasteiger partial charge in [0.05, 0.1) is 5.56 Å². The van der Waals surface area contributed by atoms with E-state index in [9.17, 15) is 4.79 Å². The number of nitrogens with zero attached hydrogens (tertiary/aromatic N) is 1. The molecule has 0 fully saturated rings. The molecule has 20 heavy (non-hydrogen) atoms. The molecule has 0 radical (unpaired) electrons. The van der Waals surface area contributed by atoms with E-state index in [0.29, 0.717) is 11.3 Å². The van der Waals surface area contributed by atoms with E-state index in [0.717, 1.165) is 25.1 Å². The molecule has 3 nitrogen and oxygen atoms in total. The van der Waals surface area contributed by atoms with Gasteiger partial charge in [-0.2, -0.15) is 0 Å². The molecule has 0 bridgehead atoms. The van der Waals surface area contributed by atoms with E-state index in [2.05, 4.69) is 19.1 Å². The quantitative estimate of drug-likeness (QED) is 0.806. The predicted octanol–water partition coefficient (Wildman–Crippen LogP) is 3.17. The third-order valence-electron chi connectivity index (χ3n) is 3.79. The Balaban J connectivity index is 2.01. The SMILES string of the molecule is Cc1ccc2c(c1)CCCN2C(=O)c1ccccc1N. The van der Waals surface area contributed by atoms with Gasteiger partial charge >= 0.3 is 0 Å². The van der Waals surface area contributed by atoms with E-state index in [1.807, 2.05) is 23.1 Å². The summed E-state index contributed by atoms with van der Waals surface area (Å²) in [6.45, 7) is 2.83. The number of hydrogen-bond acceptors (Lipinski definition) is 2. The zero-order chi connectivity index (χ0) is 14.1. The Morgan fingerprint density at radius 1 is 1.20 bits per heavy atom. The lowest BCUT2D eigenvalue weighted by atomic mass is 9.98. The highest BCUT2D eigenvalue weighted by atomic mass is 16.2. The summed E-state index contributed by atoms with van der Waals surface area (Å²) in [5.41, 5.74) is 10.6. The average molecular weight is 266 g/mol. The number of carbonyl (C=O) groups is 1. The van der Waals surface area contributed by atoms with Gasteiger partial charge in [-0.15, -0.1) is 0 Å². The van der Waals surface area contributed by atoms with Crippen molar-refractivity contribution >= 4 is 17.3 Å². The van der Waals surface area contributed by atoms with Gasteiger partial charge in [0, 0.05) is 17.9 Å². The molecule has 0 unspecified atom stereocenters. The Labute approximate surface area is 119 Å². The highest BCUT2D eigenvalue weighted by Crippen LogP contribution is 2.30. The largest absolute Gasteiger partial charge is 0.398 e. The maximum absolute atomic E-state index is 12.7. The molecule has 2 aromatic carbocycles. The Morgan fingerprint density at radius 2 is 2.00 bits per heavy atom. The van der Waals surface area contributed by atoms with E-state index >= 15 is 0 Å². The summed E-state index contributed by atoms with van der Waals surface area (Å²) in [4.78, 5) is 14.6. The topological polar surface area (TPSA) is 46.3 Å². The van der Waals surface area contributed by atoms with Crippen LogP contribution in [-0.4, -0.2) is 12.5 Å². The van der Waals surface area contributed by atoms with Crippen molar-refractivity contribution in [3.05, 3.63) is 59.2 Å². The van der Waals surface area contributed by atoms with Gasteiger partial charge in [-0.3, -0.25) is 4.79 Å². The highest BCUT2D eigenvalue weighted by molar-refractivity contribution is 6.09. The Morgan fingerprint density at radius 3 is 2.80 bits per heavy atom. The van der Waals surface area contributed by atoms with E-state index in [-0.39, 0.29) is 5.91 Å². The van der Waals surface area contributed by atoms with Crippen molar-refractivity contribution in [1.82, 2.24) is 0 Å². The lowest BCUT2D eigenvalue weighted by molar-refractivity contribution is 0.0986. The molecule has 102 valence electrons. The number of aryl methyl sites for hydroxylation is 2. The number of nitrogens with two attached hydrogens (primary N) is 1. The number of carbonyl (C=O) groups excluding carboxylic acids is 1. The van der Waals surface area contributed by atoms with Gasteiger partial charge < -0.3 is 10.6 Å². The normalized spacial score (nSPS) is 13.9. The third kappa shape index (κ3) is 2.16. The lowest BCUT2D eigenvalue weighted by Gasteiger charge is -2.30. The molecular weight excluding hydrogens is 248 g/mol. The molecule has 0 spiro atoms. The second kappa shape index (κ2) is 5.00. The van der Waals surface area contributed by atoms with Crippen LogP contribution in [0.2, 0.25) is 0 Å². The summed E-state index contributed by atoms with van der Waals surface area (Å²) in [5, 5.41) is 0. The molecular formula is C17H18N2O. The molecule has 3 heteroatoms. The van der Waals surface area contributed by atoms with Crippen LogP contribution in [0.4, 0.5) is 11.4 Å². The van der Waals surface area contributed by atoms with Crippen LogP contribution in [0.3, 0.4) is 0 Å². The Hall–Kier alpha value is -2.29. The Bertz CT molecular complexity index is 664. The molecule has 3 rings (SSSR count). The van der Waals surface area contributed by atoms with Gasteiger partial charge in [-0.1, -0.05) is 29.8 Å². The second-order valence-corrected chi connectivity index (χ2v) is 5.28. The first kappa shape index (κ1) is 12.7. The molecule has 0 aromatic heterocycles. The third-order valence-corrected chi connectivity index (χ3v) is 3.79. The zero-order valence-electron chi connectivity index (χ0n) is 11.6. The molecule has 1 amide bonds. The molecule has 0 saturated carbocycles. The highest BCUT2D eigenvalue weighted by Gasteiger charge is 2.24. The van der Waals surface area contributed by atoms with Gasteiger partial charge in [0.1, 0.15) is 0 Å². The fourth-order valence-electron chi connectivity index (χ4n) is 2.77. The van der Waals surface area contributed by atoms with Crippen LogP contribution < -0.4 is 10.6 Å². The van der Waals surface area contributed by atoms with Crippen molar-refractivity contribution in [2.45, 2.75) is 19.8 Å². The van der Waals surface area contributed by atoms with Crippen molar-refractivity contribution in [2.24, 2.45) is 0 Å². The van der Waals surface area contributed by atoms with Gasteiger partial charge in [0.15, 0.2) is 0 Å². The lowest BCUT2D eigenvalue weighted by Crippen LogP contribution is -2.35. The second-order valence-electron chi connectivity index (χ2n) is 5.28. The summed E-state index contributed by atoms with van der Waals surface area (Å²) >= 11 is 0. The van der Waals surface area contributed by atoms with Crippen LogP contribution >= 0.6 is 0 Å². The van der Waals surface area contributed by atoms with Gasteiger partial charge in [-0.25, -0.2) is 0 Å². The maximum Gasteiger partial charge on any atom is 0.260 e. The first-order valence-corrected chi connectivity index (χ1v) is 6.93. The van der Waals surface area contributed by atoms with Crippen molar-refractivity contribution in [3.8, 4) is 0 Å². The van der Waals surface area contributed by atoms with Gasteiger partial charge in [-0.05, 0) is 43.5 Å².